The summed E-state index contributed by atoms with van der Waals surface area (Å²) in [5, 5.41) is 9.75. The van der Waals surface area contributed by atoms with Gasteiger partial charge in [0.05, 0.1) is 35.5 Å². The van der Waals surface area contributed by atoms with Gasteiger partial charge in [0.2, 0.25) is 0 Å². The van der Waals surface area contributed by atoms with Crippen molar-refractivity contribution < 1.29 is 66.7 Å². The molecule has 358 valence electrons. The van der Waals surface area contributed by atoms with Crippen molar-refractivity contribution >= 4 is 5.97 Å². The van der Waals surface area contributed by atoms with E-state index in [4.69, 9.17) is 56.8 Å². The molecule has 0 aromatic heterocycles. The molecule has 0 saturated carbocycles. The van der Waals surface area contributed by atoms with Gasteiger partial charge in [-0.15, -0.1) is 0 Å². The summed E-state index contributed by atoms with van der Waals surface area (Å²) in [7, 11) is 8.19. The number of carboxylic acids is 1. The van der Waals surface area contributed by atoms with Crippen LogP contribution < -0.4 is 56.8 Å². The molecule has 2 aliphatic carbocycles. The molecule has 0 amide bonds. The van der Waals surface area contributed by atoms with E-state index in [1.54, 1.807) is 35.5 Å². The van der Waals surface area contributed by atoms with Gasteiger partial charge in [0, 0.05) is 0 Å². The van der Waals surface area contributed by atoms with Crippen molar-refractivity contribution in [3.8, 4) is 69.0 Å². The monoisotopic (exact) mass is 938 g/mol. The van der Waals surface area contributed by atoms with Crippen LogP contribution in [0.1, 0.15) is 66.8 Å². The molecular weight excluding hydrogens is 885 g/mol. The lowest BCUT2D eigenvalue weighted by Crippen LogP contribution is -2.14. The van der Waals surface area contributed by atoms with Gasteiger partial charge >= 0.3 is 5.97 Å². The zero-order valence-corrected chi connectivity index (χ0v) is 39.4. The Morgan fingerprint density at radius 2 is 0.536 bits per heavy atom. The minimum atomic E-state index is -1.11. The van der Waals surface area contributed by atoms with Crippen molar-refractivity contribution in [1.29, 1.82) is 0 Å². The molecule has 6 aromatic rings. The molecule has 0 unspecified atom stereocenters. The fourth-order valence-corrected chi connectivity index (χ4v) is 9.71. The lowest BCUT2D eigenvalue weighted by atomic mass is 9.94. The van der Waals surface area contributed by atoms with Crippen molar-refractivity contribution in [1.82, 2.24) is 0 Å². The number of hydrogen-bond donors (Lipinski definition) is 1. The summed E-state index contributed by atoms with van der Waals surface area (Å²) in [5.41, 5.74) is 12.1. The van der Waals surface area contributed by atoms with E-state index < -0.39 is 12.6 Å². The average molecular weight is 939 g/mol. The standard InChI is InChI=1S/C55H54O14/c1-58-43-18-31-12-36-23-49-44(59-2)19-32(36)14-38-25-51-45(60-3)20-33(38)13-37(31)24-48(43)63-6-7-65-50-26-39-15-34-21-46(61-4)52(66-9-8-64-49)27-40(34)17-42-29-54(69-30-55(56)57)53(68-11-10-67-51)28-41(42)16-35(39)22-47(50)62-5/h18-29H,6-17,30H2,1-5H3,(H,56,57). The summed E-state index contributed by atoms with van der Waals surface area (Å²) in [4.78, 5) is 11.9. The molecule has 20 rings (SSSR count). The topological polar surface area (TPSA) is 148 Å². The van der Waals surface area contributed by atoms with Gasteiger partial charge in [0.1, 0.15) is 39.6 Å². The van der Waals surface area contributed by atoms with Crippen molar-refractivity contribution in [3.05, 3.63) is 140 Å². The Morgan fingerprint density at radius 3 is 0.739 bits per heavy atom. The fraction of sp³-hybridized carbons (Fsp3) is 0.327. The van der Waals surface area contributed by atoms with Crippen molar-refractivity contribution in [2.45, 2.75) is 38.5 Å². The predicted octanol–water partition coefficient (Wildman–Crippen LogP) is 8.36. The Bertz CT molecular complexity index is 2930. The van der Waals surface area contributed by atoms with Gasteiger partial charge in [-0.05, 0) is 178 Å². The maximum absolute atomic E-state index is 11.9. The van der Waals surface area contributed by atoms with E-state index in [-0.39, 0.29) is 39.6 Å². The molecule has 0 spiro atoms. The fourth-order valence-electron chi connectivity index (χ4n) is 9.71. The first kappa shape index (κ1) is 45.2. The number of aliphatic carboxylic acids is 1. The molecule has 14 aliphatic rings. The lowest BCUT2D eigenvalue weighted by Gasteiger charge is -2.20. The highest BCUT2D eigenvalue weighted by Gasteiger charge is 2.26. The maximum Gasteiger partial charge on any atom is 0.341 e. The number of carbonyl (C=O) groups is 1. The second-order valence-electron chi connectivity index (χ2n) is 17.3. The van der Waals surface area contributed by atoms with Gasteiger partial charge in [-0.3, -0.25) is 0 Å². The van der Waals surface area contributed by atoms with Gasteiger partial charge < -0.3 is 61.9 Å². The molecule has 0 fully saturated rings. The Balaban J connectivity index is 1.20. The summed E-state index contributed by atoms with van der Waals surface area (Å²) in [6.07, 6.45) is 3.14. The van der Waals surface area contributed by atoms with Gasteiger partial charge in [-0.25, -0.2) is 4.79 Å². The quantitative estimate of drug-likeness (QED) is 0.156. The van der Waals surface area contributed by atoms with Crippen LogP contribution in [0.5, 0.6) is 69.0 Å². The molecule has 69 heavy (non-hydrogen) atoms. The SMILES string of the molecule is COc1cc2c3cc1OCCOc1cc4c(cc1OC)Cc1cc5c(OC)cc1Cc1cc(c(OCC(=O)O)cc1C4)OCCOc1cc(c(cc1OC)Cc1cc(c(OC)cc1C3)OCCO5)C2. The molecule has 12 heterocycles. The van der Waals surface area contributed by atoms with E-state index in [1.807, 2.05) is 48.5 Å². The van der Waals surface area contributed by atoms with Crippen molar-refractivity contribution in [3.63, 3.8) is 0 Å². The van der Waals surface area contributed by atoms with Crippen LogP contribution in [0.2, 0.25) is 0 Å². The zero-order valence-electron chi connectivity index (χ0n) is 39.4. The zero-order chi connectivity index (χ0) is 47.6. The molecular formula is C55H54O14. The second-order valence-corrected chi connectivity index (χ2v) is 17.3. The van der Waals surface area contributed by atoms with Crippen molar-refractivity contribution in [2.24, 2.45) is 0 Å². The van der Waals surface area contributed by atoms with Crippen LogP contribution in [0.25, 0.3) is 0 Å². The molecule has 1 N–H and O–H groups in total. The minimum absolute atomic E-state index is 0.109. The van der Waals surface area contributed by atoms with Crippen LogP contribution in [0.3, 0.4) is 0 Å². The van der Waals surface area contributed by atoms with E-state index >= 15 is 0 Å². The number of carboxylic acid groups (broad SMARTS) is 1. The molecule has 0 atom stereocenters. The Kier molecular flexibility index (Phi) is 12.8. The Labute approximate surface area is 400 Å². The van der Waals surface area contributed by atoms with Gasteiger partial charge in [-0.2, -0.15) is 0 Å². The molecule has 12 aliphatic heterocycles. The third kappa shape index (κ3) is 9.35. The third-order valence-corrected chi connectivity index (χ3v) is 13.1. The smallest absolute Gasteiger partial charge is 0.341 e. The maximum atomic E-state index is 11.9. The Hall–Kier alpha value is -7.61. The van der Waals surface area contributed by atoms with E-state index in [0.717, 1.165) is 66.8 Å². The molecule has 14 nitrogen and oxygen atoms in total. The van der Waals surface area contributed by atoms with E-state index in [1.165, 1.54) is 0 Å². The van der Waals surface area contributed by atoms with Crippen LogP contribution in [0.4, 0.5) is 0 Å². The second kappa shape index (κ2) is 19.5. The van der Waals surface area contributed by atoms with Crippen molar-refractivity contribution in [2.75, 3.05) is 81.8 Å². The molecule has 0 saturated heterocycles. The first-order chi connectivity index (χ1) is 33.7. The van der Waals surface area contributed by atoms with Crippen LogP contribution >= 0.6 is 0 Å². The summed E-state index contributed by atoms with van der Waals surface area (Å²) < 4.78 is 75.0. The van der Waals surface area contributed by atoms with E-state index in [2.05, 4.69) is 24.3 Å². The highest BCUT2D eigenvalue weighted by molar-refractivity contribution is 5.69. The summed E-state index contributed by atoms with van der Waals surface area (Å²) in [5.74, 6) is 5.32. The predicted molar refractivity (Wildman–Crippen MR) is 254 cm³/mol. The lowest BCUT2D eigenvalue weighted by molar-refractivity contribution is -0.139. The van der Waals surface area contributed by atoms with Gasteiger partial charge in [0.25, 0.3) is 0 Å². The normalized spacial score (nSPS) is 14.6. The molecule has 0 radical (unpaired) electrons. The highest BCUT2D eigenvalue weighted by Crippen LogP contribution is 2.44. The van der Waals surface area contributed by atoms with E-state index in [9.17, 15) is 9.90 Å². The first-order valence-electron chi connectivity index (χ1n) is 23.0. The number of hydrogen-bond acceptors (Lipinski definition) is 13. The molecule has 18 bridgehead atoms. The highest BCUT2D eigenvalue weighted by atomic mass is 16.6. The molecule has 14 heteroatoms. The van der Waals surface area contributed by atoms with Gasteiger partial charge in [0.15, 0.2) is 75.6 Å². The number of rotatable bonds is 8. The largest absolute Gasteiger partial charge is 0.493 e. The third-order valence-electron chi connectivity index (χ3n) is 13.1. The number of benzene rings is 6. The van der Waals surface area contributed by atoms with Crippen LogP contribution in [0.15, 0.2) is 72.8 Å². The average Bonchev–Trinajstić information content (AvgIpc) is 3.44. The summed E-state index contributed by atoms with van der Waals surface area (Å²) in [6, 6.07) is 24.2. The number of methoxy groups -OCH3 is 5. The minimum Gasteiger partial charge on any atom is -0.493 e. The van der Waals surface area contributed by atoms with Gasteiger partial charge in [-0.1, -0.05) is 0 Å². The van der Waals surface area contributed by atoms with Crippen LogP contribution in [0, 0.1) is 0 Å². The Morgan fingerprint density at radius 1 is 0.348 bits per heavy atom. The summed E-state index contributed by atoms with van der Waals surface area (Å²) >= 11 is 0. The van der Waals surface area contributed by atoms with Crippen LogP contribution in [-0.4, -0.2) is 92.9 Å². The van der Waals surface area contributed by atoms with E-state index in [0.29, 0.717) is 108 Å². The first-order valence-corrected chi connectivity index (χ1v) is 23.0. The van der Waals surface area contributed by atoms with Crippen LogP contribution in [-0.2, 0) is 43.3 Å². The molecule has 6 aromatic carbocycles. The number of ether oxygens (including phenoxy) is 12. The summed E-state index contributed by atoms with van der Waals surface area (Å²) in [6.45, 7) is 0.521.